The van der Waals surface area contributed by atoms with E-state index < -0.39 is 5.60 Å². The summed E-state index contributed by atoms with van der Waals surface area (Å²) in [5.41, 5.74) is 3.15. The van der Waals surface area contributed by atoms with Gasteiger partial charge < -0.3 is 10.4 Å². The van der Waals surface area contributed by atoms with Crippen molar-refractivity contribution in [3.63, 3.8) is 0 Å². The van der Waals surface area contributed by atoms with Crippen molar-refractivity contribution in [2.24, 2.45) is 0 Å². The topological polar surface area (TPSA) is 95.8 Å². The zero-order valence-corrected chi connectivity index (χ0v) is 14.6. The molecule has 0 aliphatic heterocycles. The molecule has 26 heavy (non-hydrogen) atoms. The number of benzene rings is 1. The monoisotopic (exact) mass is 351 g/mol. The van der Waals surface area contributed by atoms with Gasteiger partial charge >= 0.3 is 0 Å². The molecule has 0 saturated carbocycles. The van der Waals surface area contributed by atoms with E-state index in [1.165, 1.54) is 0 Å². The highest BCUT2D eigenvalue weighted by Gasteiger charge is 2.32. The molecule has 1 amide bonds. The molecular formula is C19H21N5O2. The minimum atomic E-state index is -0.744. The number of nitrogens with zero attached hydrogens (tertiary/aromatic N) is 3. The third-order valence-corrected chi connectivity index (χ3v) is 4.72. The molecule has 3 aromatic rings. The summed E-state index contributed by atoms with van der Waals surface area (Å²) in [5.74, 6) is -0.261. The molecular weight excluding hydrogens is 330 g/mol. The lowest BCUT2D eigenvalue weighted by atomic mass is 9.84. The van der Waals surface area contributed by atoms with Crippen molar-refractivity contribution in [1.29, 1.82) is 0 Å². The quantitative estimate of drug-likeness (QED) is 0.671. The van der Waals surface area contributed by atoms with E-state index in [0.717, 1.165) is 16.8 Å². The lowest BCUT2D eigenvalue weighted by molar-refractivity contribution is 0.0447. The molecule has 0 spiro atoms. The summed E-state index contributed by atoms with van der Waals surface area (Å²) >= 11 is 0. The Balaban J connectivity index is 1.46. The van der Waals surface area contributed by atoms with Crippen LogP contribution in [0, 0.1) is 0 Å². The Bertz CT molecular complexity index is 927. The normalized spacial score (nSPS) is 19.2. The highest BCUT2D eigenvalue weighted by atomic mass is 16.3. The van der Waals surface area contributed by atoms with E-state index in [4.69, 9.17) is 0 Å². The van der Waals surface area contributed by atoms with Gasteiger partial charge in [-0.25, -0.2) is 0 Å². The Labute approximate surface area is 151 Å². The summed E-state index contributed by atoms with van der Waals surface area (Å²) in [5, 5.41) is 24.4. The van der Waals surface area contributed by atoms with E-state index in [0.29, 0.717) is 37.2 Å². The number of fused-ring (bicyclic) bond motifs is 1. The van der Waals surface area contributed by atoms with Crippen LogP contribution in [0.5, 0.6) is 0 Å². The van der Waals surface area contributed by atoms with Crippen LogP contribution in [0.3, 0.4) is 0 Å². The lowest BCUT2D eigenvalue weighted by Crippen LogP contribution is -2.32. The molecule has 1 aliphatic rings. The molecule has 0 saturated heterocycles. The molecule has 1 atom stereocenters. The summed E-state index contributed by atoms with van der Waals surface area (Å²) in [6, 6.07) is 10.0. The number of carbonyl (C=O) groups is 1. The van der Waals surface area contributed by atoms with E-state index in [1.807, 2.05) is 30.3 Å². The predicted molar refractivity (Wildman–Crippen MR) is 97.0 cm³/mol. The van der Waals surface area contributed by atoms with Gasteiger partial charge in [0.25, 0.3) is 5.91 Å². The highest BCUT2D eigenvalue weighted by Crippen LogP contribution is 2.29. The van der Waals surface area contributed by atoms with E-state index in [-0.39, 0.29) is 5.91 Å². The second-order valence-electron chi connectivity index (χ2n) is 7.07. The van der Waals surface area contributed by atoms with Crippen LogP contribution < -0.4 is 5.32 Å². The first-order chi connectivity index (χ1) is 12.5. The van der Waals surface area contributed by atoms with Gasteiger partial charge in [0.05, 0.1) is 24.0 Å². The molecule has 4 rings (SSSR count). The molecule has 1 aromatic carbocycles. The van der Waals surface area contributed by atoms with E-state index in [9.17, 15) is 9.90 Å². The molecule has 7 heteroatoms. The van der Waals surface area contributed by atoms with Gasteiger partial charge in [-0.3, -0.25) is 14.6 Å². The molecule has 2 heterocycles. The number of carbonyl (C=O) groups excluding carboxylic acids is 1. The van der Waals surface area contributed by atoms with Gasteiger partial charge in [0, 0.05) is 23.9 Å². The van der Waals surface area contributed by atoms with E-state index in [1.54, 1.807) is 24.0 Å². The number of anilines is 1. The molecule has 0 bridgehead atoms. The third-order valence-electron chi connectivity index (χ3n) is 4.72. The molecule has 134 valence electrons. The van der Waals surface area contributed by atoms with Gasteiger partial charge in [-0.1, -0.05) is 30.3 Å². The predicted octanol–water partition coefficient (Wildman–Crippen LogP) is 2.15. The Hall–Kier alpha value is -2.93. The third kappa shape index (κ3) is 3.39. The number of hydrogen-bond acceptors (Lipinski definition) is 4. The molecule has 1 aliphatic carbocycles. The number of aromatic nitrogens is 4. The van der Waals surface area contributed by atoms with Gasteiger partial charge in [0.15, 0.2) is 5.69 Å². The first-order valence-corrected chi connectivity index (χ1v) is 8.66. The maximum atomic E-state index is 12.6. The first-order valence-electron chi connectivity index (χ1n) is 8.66. The van der Waals surface area contributed by atoms with Crippen molar-refractivity contribution in [2.45, 2.75) is 38.3 Å². The lowest BCUT2D eigenvalue weighted by Gasteiger charge is -2.27. The Kier molecular flexibility index (Phi) is 4.08. The number of nitrogens with one attached hydrogen (secondary N) is 2. The number of aliphatic hydroxyl groups is 1. The summed E-state index contributed by atoms with van der Waals surface area (Å²) in [7, 11) is 0. The van der Waals surface area contributed by atoms with Crippen LogP contribution in [-0.2, 0) is 19.4 Å². The van der Waals surface area contributed by atoms with Gasteiger partial charge in [-0.05, 0) is 25.3 Å². The van der Waals surface area contributed by atoms with Crippen LogP contribution in [0.4, 0.5) is 5.69 Å². The minimum Gasteiger partial charge on any atom is -0.390 e. The zero-order valence-electron chi connectivity index (χ0n) is 14.6. The van der Waals surface area contributed by atoms with E-state index >= 15 is 0 Å². The van der Waals surface area contributed by atoms with Crippen LogP contribution in [0.25, 0.3) is 0 Å². The summed E-state index contributed by atoms with van der Waals surface area (Å²) in [4.78, 5) is 12.6. The second kappa shape index (κ2) is 6.42. The maximum Gasteiger partial charge on any atom is 0.276 e. The molecule has 0 fully saturated rings. The molecule has 3 N–H and O–H groups in total. The van der Waals surface area contributed by atoms with Crippen LogP contribution >= 0.6 is 0 Å². The number of rotatable bonds is 4. The van der Waals surface area contributed by atoms with Crippen molar-refractivity contribution in [2.75, 3.05) is 5.32 Å². The van der Waals surface area contributed by atoms with Crippen molar-refractivity contribution >= 4 is 11.6 Å². The smallest absolute Gasteiger partial charge is 0.276 e. The van der Waals surface area contributed by atoms with Crippen molar-refractivity contribution in [3.05, 3.63) is 65.2 Å². The van der Waals surface area contributed by atoms with Crippen LogP contribution in [-0.4, -0.2) is 36.6 Å². The fourth-order valence-electron chi connectivity index (χ4n) is 3.34. The average molecular weight is 351 g/mol. The number of hydrogen-bond donors (Lipinski definition) is 3. The second-order valence-corrected chi connectivity index (χ2v) is 7.07. The van der Waals surface area contributed by atoms with Gasteiger partial charge in [-0.2, -0.15) is 10.2 Å². The average Bonchev–Trinajstić information content (AvgIpc) is 3.21. The fraction of sp³-hybridized carbons (Fsp3) is 0.316. The van der Waals surface area contributed by atoms with Crippen LogP contribution in [0.2, 0.25) is 0 Å². The molecule has 2 aromatic heterocycles. The Morgan fingerprint density at radius 2 is 2.19 bits per heavy atom. The highest BCUT2D eigenvalue weighted by molar-refractivity contribution is 6.03. The standard InChI is InChI=1S/C19H21N5O2/c1-19(26)8-7-15-16(9-19)22-23-17(15)18(25)21-14-10-20-24(12-14)11-13-5-3-2-4-6-13/h2-6,10,12,26H,7-9,11H2,1H3,(H,21,25)(H,22,23). The SMILES string of the molecule is CC1(O)CCc2c(C(=O)Nc3cnn(Cc4ccccc4)c3)n[nH]c2C1. The zero-order chi connectivity index (χ0) is 18.1. The van der Waals surface area contributed by atoms with Gasteiger partial charge in [0.2, 0.25) is 0 Å². The Morgan fingerprint density at radius 1 is 1.38 bits per heavy atom. The van der Waals surface area contributed by atoms with E-state index in [2.05, 4.69) is 20.6 Å². The number of aromatic amines is 1. The summed E-state index contributed by atoms with van der Waals surface area (Å²) in [6.45, 7) is 2.45. The minimum absolute atomic E-state index is 0.261. The van der Waals surface area contributed by atoms with Crippen LogP contribution in [0.1, 0.15) is 40.7 Å². The summed E-state index contributed by atoms with van der Waals surface area (Å²) < 4.78 is 1.78. The van der Waals surface area contributed by atoms with Crippen LogP contribution in [0.15, 0.2) is 42.7 Å². The maximum absolute atomic E-state index is 12.6. The molecule has 1 unspecified atom stereocenters. The Morgan fingerprint density at radius 3 is 3.00 bits per heavy atom. The molecule has 0 radical (unpaired) electrons. The van der Waals surface area contributed by atoms with Crippen molar-refractivity contribution < 1.29 is 9.90 Å². The summed E-state index contributed by atoms with van der Waals surface area (Å²) in [6.07, 6.45) is 5.17. The van der Waals surface area contributed by atoms with Gasteiger partial charge in [0.1, 0.15) is 0 Å². The van der Waals surface area contributed by atoms with Gasteiger partial charge in [-0.15, -0.1) is 0 Å². The van der Waals surface area contributed by atoms with Crippen molar-refractivity contribution in [1.82, 2.24) is 20.0 Å². The fourth-order valence-corrected chi connectivity index (χ4v) is 3.34. The molecule has 7 nitrogen and oxygen atoms in total. The first kappa shape index (κ1) is 16.5. The number of H-pyrrole nitrogens is 1. The largest absolute Gasteiger partial charge is 0.390 e. The van der Waals surface area contributed by atoms with Crippen molar-refractivity contribution in [3.8, 4) is 0 Å². The number of amides is 1.